The Morgan fingerprint density at radius 1 is 1.09 bits per heavy atom. The average molecular weight is 438 g/mol. The highest BCUT2D eigenvalue weighted by Gasteiger charge is 2.38. The first kappa shape index (κ1) is 22.0. The van der Waals surface area contributed by atoms with Crippen LogP contribution in [0.2, 0.25) is 0 Å². The number of nitrogens with one attached hydrogen (secondary N) is 1. The van der Waals surface area contributed by atoms with E-state index < -0.39 is 5.54 Å². The Kier molecular flexibility index (Phi) is 6.28. The van der Waals surface area contributed by atoms with Crippen molar-refractivity contribution in [2.75, 3.05) is 20.2 Å². The van der Waals surface area contributed by atoms with Gasteiger partial charge in [0.2, 0.25) is 5.91 Å². The Hall–Kier alpha value is -3.19. The van der Waals surface area contributed by atoms with E-state index in [9.17, 15) is 14.0 Å². The van der Waals surface area contributed by atoms with Gasteiger partial charge in [-0.15, -0.1) is 0 Å². The number of likely N-dealkylation sites (tertiary alicyclic amines) is 1. The van der Waals surface area contributed by atoms with Gasteiger partial charge in [0, 0.05) is 49.2 Å². The zero-order valence-electron chi connectivity index (χ0n) is 18.4. The van der Waals surface area contributed by atoms with Crippen molar-refractivity contribution in [2.45, 2.75) is 38.4 Å². The second-order valence-electron chi connectivity index (χ2n) is 8.39. The molecule has 0 aliphatic carbocycles. The summed E-state index contributed by atoms with van der Waals surface area (Å²) in [6.45, 7) is 3.78. The lowest BCUT2D eigenvalue weighted by Gasteiger charge is -2.42. The molecule has 0 spiro atoms. The van der Waals surface area contributed by atoms with Crippen molar-refractivity contribution in [3.63, 3.8) is 0 Å². The molecule has 0 radical (unpaired) electrons. The van der Waals surface area contributed by atoms with Gasteiger partial charge in [0.1, 0.15) is 12.4 Å². The van der Waals surface area contributed by atoms with Crippen molar-refractivity contribution in [3.8, 4) is 0 Å². The molecule has 0 saturated carbocycles. The fraction of sp³-hybridized carbons (Fsp3) is 0.360. The normalized spacial score (nSPS) is 16.1. The lowest BCUT2D eigenvalue weighted by molar-refractivity contribution is -0.141. The topological polar surface area (TPSA) is 63.6 Å². The number of hydrogen-bond donors (Lipinski definition) is 1. The number of amides is 1. The van der Waals surface area contributed by atoms with Gasteiger partial charge in [-0.05, 0) is 30.5 Å². The van der Waals surface area contributed by atoms with Gasteiger partial charge >= 0.3 is 5.97 Å². The van der Waals surface area contributed by atoms with E-state index in [-0.39, 0.29) is 24.2 Å². The number of nitrogens with zero attached hydrogens (tertiary/aromatic N) is 2. The van der Waals surface area contributed by atoms with Gasteiger partial charge in [0.05, 0.1) is 12.6 Å². The average Bonchev–Trinajstić information content (AvgIpc) is 3.12. The number of halogens is 1. The van der Waals surface area contributed by atoms with E-state index in [0.29, 0.717) is 38.0 Å². The molecule has 1 aliphatic rings. The number of para-hydroxylation sites is 1. The van der Waals surface area contributed by atoms with Crippen molar-refractivity contribution < 1.29 is 18.7 Å². The largest absolute Gasteiger partial charge is 0.468 e. The van der Waals surface area contributed by atoms with E-state index in [1.54, 1.807) is 12.1 Å². The van der Waals surface area contributed by atoms with E-state index in [4.69, 9.17) is 4.74 Å². The summed E-state index contributed by atoms with van der Waals surface area (Å²) in [7, 11) is 1.39. The summed E-state index contributed by atoms with van der Waals surface area (Å²) in [6, 6.07) is 14.7. The van der Waals surface area contributed by atoms with Gasteiger partial charge in [0.25, 0.3) is 0 Å². The second kappa shape index (κ2) is 9.12. The maximum atomic E-state index is 14.6. The van der Waals surface area contributed by atoms with Crippen molar-refractivity contribution in [3.05, 3.63) is 71.7 Å². The lowest BCUT2D eigenvalue weighted by Crippen LogP contribution is -2.52. The molecular weight excluding hydrogens is 409 g/mol. The minimum Gasteiger partial charge on any atom is -0.468 e. The molecule has 1 N–H and O–H groups in total. The van der Waals surface area contributed by atoms with E-state index in [2.05, 4.69) is 16.3 Å². The van der Waals surface area contributed by atoms with Gasteiger partial charge in [0.15, 0.2) is 0 Å². The first-order chi connectivity index (χ1) is 15.4. The van der Waals surface area contributed by atoms with Crippen LogP contribution in [0.1, 0.15) is 30.9 Å². The highest BCUT2D eigenvalue weighted by molar-refractivity contribution is 5.85. The van der Waals surface area contributed by atoms with Crippen molar-refractivity contribution in [1.82, 2.24) is 14.8 Å². The van der Waals surface area contributed by atoms with Crippen LogP contribution in [0.15, 0.2) is 54.7 Å². The van der Waals surface area contributed by atoms with Gasteiger partial charge < -0.3 is 14.6 Å². The van der Waals surface area contributed by atoms with Crippen LogP contribution in [-0.2, 0) is 33.0 Å². The third kappa shape index (κ3) is 4.39. The maximum Gasteiger partial charge on any atom is 0.325 e. The molecule has 1 aromatic heterocycles. The number of benzene rings is 2. The van der Waals surface area contributed by atoms with Crippen molar-refractivity contribution in [1.29, 1.82) is 0 Å². The van der Waals surface area contributed by atoms with Crippen LogP contribution in [0.4, 0.5) is 4.39 Å². The van der Waals surface area contributed by atoms with Gasteiger partial charge in [-0.2, -0.15) is 0 Å². The summed E-state index contributed by atoms with van der Waals surface area (Å²) in [5.41, 5.74) is 1.96. The summed E-state index contributed by atoms with van der Waals surface area (Å²) in [6.07, 6.45) is 3.25. The smallest absolute Gasteiger partial charge is 0.325 e. The molecule has 2 aromatic carbocycles. The summed E-state index contributed by atoms with van der Waals surface area (Å²) in [4.78, 5) is 26.1. The third-order valence-electron chi connectivity index (χ3n) is 6.31. The molecule has 3 aromatic rings. The van der Waals surface area contributed by atoms with Crippen LogP contribution in [-0.4, -0.2) is 41.5 Å². The first-order valence-corrected chi connectivity index (χ1v) is 10.8. The number of rotatable bonds is 6. The molecule has 2 heterocycles. The van der Waals surface area contributed by atoms with E-state index >= 15 is 0 Å². The number of methoxy groups -OCH3 is 1. The molecular formula is C25H28FN3O3. The van der Waals surface area contributed by atoms with Crippen LogP contribution < -0.4 is 5.32 Å². The zero-order chi connectivity index (χ0) is 22.7. The van der Waals surface area contributed by atoms with Gasteiger partial charge in [-0.1, -0.05) is 36.4 Å². The molecule has 1 fully saturated rings. The van der Waals surface area contributed by atoms with Crippen molar-refractivity contribution in [2.24, 2.45) is 0 Å². The Morgan fingerprint density at radius 2 is 1.78 bits per heavy atom. The first-order valence-electron chi connectivity index (χ1n) is 10.8. The number of ether oxygens (including phenoxy) is 1. The summed E-state index contributed by atoms with van der Waals surface area (Å²) in [5, 5.41) is 4.14. The number of esters is 1. The summed E-state index contributed by atoms with van der Waals surface area (Å²) >= 11 is 0. The van der Waals surface area contributed by atoms with Crippen LogP contribution >= 0.6 is 0 Å². The van der Waals surface area contributed by atoms with E-state index in [0.717, 1.165) is 16.5 Å². The Labute approximate surface area is 187 Å². The summed E-state index contributed by atoms with van der Waals surface area (Å²) < 4.78 is 21.4. The predicted molar refractivity (Wildman–Crippen MR) is 120 cm³/mol. The molecule has 1 saturated heterocycles. The molecule has 0 bridgehead atoms. The number of carbonyl (C=O) groups excluding carboxylic acids is 2. The minimum atomic E-state index is -0.702. The highest BCUT2D eigenvalue weighted by atomic mass is 19.1. The number of hydrogen-bond acceptors (Lipinski definition) is 4. The van der Waals surface area contributed by atoms with E-state index in [1.165, 1.54) is 20.1 Å². The predicted octanol–water partition coefficient (Wildman–Crippen LogP) is 3.58. The molecule has 1 aliphatic heterocycles. The SMILES string of the molecule is COC(=O)Cn1cc(CN2CCC(NC(C)=O)(c3ccccc3F)CC2)c2ccccc21. The molecule has 168 valence electrons. The quantitative estimate of drug-likeness (QED) is 0.599. The number of carbonyl (C=O) groups is 2. The monoisotopic (exact) mass is 437 g/mol. The number of fused-ring (bicyclic) bond motifs is 1. The molecule has 6 nitrogen and oxygen atoms in total. The maximum absolute atomic E-state index is 14.6. The Morgan fingerprint density at radius 3 is 2.47 bits per heavy atom. The van der Waals surface area contributed by atoms with Crippen LogP contribution in [0.5, 0.6) is 0 Å². The van der Waals surface area contributed by atoms with Crippen LogP contribution in [0, 0.1) is 5.82 Å². The number of piperidine rings is 1. The zero-order valence-corrected chi connectivity index (χ0v) is 18.4. The van der Waals surface area contributed by atoms with Crippen LogP contribution in [0.25, 0.3) is 10.9 Å². The Balaban J connectivity index is 1.55. The fourth-order valence-electron chi connectivity index (χ4n) is 4.76. The minimum absolute atomic E-state index is 0.160. The molecule has 0 atom stereocenters. The Bertz CT molecular complexity index is 1130. The van der Waals surface area contributed by atoms with Gasteiger partial charge in [-0.3, -0.25) is 14.5 Å². The molecule has 4 rings (SSSR count). The van der Waals surface area contributed by atoms with Crippen LogP contribution in [0.3, 0.4) is 0 Å². The van der Waals surface area contributed by atoms with Crippen molar-refractivity contribution >= 4 is 22.8 Å². The van der Waals surface area contributed by atoms with E-state index in [1.807, 2.05) is 35.0 Å². The standard InChI is InChI=1S/C25H28FN3O3/c1-18(30)27-25(21-8-4-5-9-22(21)26)11-13-28(14-12-25)15-19-16-29(17-24(31)32-2)23-10-6-3-7-20(19)23/h3-10,16H,11-15,17H2,1-2H3,(H,27,30). The molecule has 7 heteroatoms. The molecule has 0 unspecified atom stereocenters. The second-order valence-corrected chi connectivity index (χ2v) is 8.39. The van der Waals surface area contributed by atoms with Gasteiger partial charge in [-0.25, -0.2) is 4.39 Å². The third-order valence-corrected chi connectivity index (χ3v) is 6.31. The fourth-order valence-corrected chi connectivity index (χ4v) is 4.76. The lowest BCUT2D eigenvalue weighted by atomic mass is 9.80. The highest BCUT2D eigenvalue weighted by Crippen LogP contribution is 2.35. The molecule has 32 heavy (non-hydrogen) atoms. The molecule has 1 amide bonds. The number of aromatic nitrogens is 1. The summed E-state index contributed by atoms with van der Waals surface area (Å²) in [5.74, 6) is -0.742.